The number of halogens is 1. The highest BCUT2D eigenvalue weighted by Gasteiger charge is 2.29. The summed E-state index contributed by atoms with van der Waals surface area (Å²) in [5.41, 5.74) is 0.639. The molecule has 1 aromatic rings. The molecule has 0 unspecified atom stereocenters. The van der Waals surface area contributed by atoms with E-state index in [1.165, 1.54) is 7.11 Å². The lowest BCUT2D eigenvalue weighted by atomic mass is 10.1. The van der Waals surface area contributed by atoms with Crippen LogP contribution in [0.5, 0.6) is 0 Å². The number of alkyl halides is 1. The van der Waals surface area contributed by atoms with E-state index in [4.69, 9.17) is 16.3 Å². The van der Waals surface area contributed by atoms with Gasteiger partial charge in [0.25, 0.3) is 6.47 Å². The van der Waals surface area contributed by atoms with Gasteiger partial charge >= 0.3 is 5.97 Å². The van der Waals surface area contributed by atoms with Gasteiger partial charge in [0.05, 0.1) is 7.11 Å². The van der Waals surface area contributed by atoms with Gasteiger partial charge in [0.2, 0.25) is 0 Å². The first-order valence-electron chi connectivity index (χ1n) is 4.56. The van der Waals surface area contributed by atoms with E-state index < -0.39 is 17.5 Å². The van der Waals surface area contributed by atoms with Crippen LogP contribution < -0.4 is 0 Å². The number of rotatable bonds is 5. The summed E-state index contributed by atoms with van der Waals surface area (Å²) in [6.07, 6.45) is -0.840. The molecule has 86 valence electrons. The van der Waals surface area contributed by atoms with Crippen LogP contribution in [0, 0.1) is 0 Å². The Morgan fingerprint density at radius 3 is 2.50 bits per heavy atom. The van der Waals surface area contributed by atoms with Crippen LogP contribution in [0.4, 0.5) is 0 Å². The van der Waals surface area contributed by atoms with Gasteiger partial charge in [-0.05, 0) is 5.56 Å². The molecule has 0 aliphatic rings. The maximum Gasteiger partial charge on any atom is 0.328 e. The molecule has 4 nitrogen and oxygen atoms in total. The van der Waals surface area contributed by atoms with Gasteiger partial charge in [-0.3, -0.25) is 9.59 Å². The second-order valence-electron chi connectivity index (χ2n) is 2.99. The normalized spacial score (nSPS) is 13.6. The van der Waals surface area contributed by atoms with Crippen LogP contribution in [0.3, 0.4) is 0 Å². The lowest BCUT2D eigenvalue weighted by molar-refractivity contribution is -0.146. The Balaban J connectivity index is 2.91. The van der Waals surface area contributed by atoms with Gasteiger partial charge in [0, 0.05) is 0 Å². The quantitative estimate of drug-likeness (QED) is 0.448. The maximum absolute atomic E-state index is 11.3. The Morgan fingerprint density at radius 1 is 1.38 bits per heavy atom. The SMILES string of the molecule is COC(=O)[C@H](Cl)[C@H](OC=O)c1ccccc1. The molecule has 16 heavy (non-hydrogen) atoms. The third-order valence-corrected chi connectivity index (χ3v) is 2.43. The minimum Gasteiger partial charge on any atom is -0.468 e. The van der Waals surface area contributed by atoms with Crippen molar-refractivity contribution < 1.29 is 19.1 Å². The third kappa shape index (κ3) is 2.97. The summed E-state index contributed by atoms with van der Waals surface area (Å²) in [4.78, 5) is 21.6. The predicted octanol–water partition coefficient (Wildman–Crippen LogP) is 1.68. The number of hydrogen-bond donors (Lipinski definition) is 0. The fourth-order valence-electron chi connectivity index (χ4n) is 1.26. The molecule has 0 aliphatic carbocycles. The summed E-state index contributed by atoms with van der Waals surface area (Å²) in [5.74, 6) is -0.641. The van der Waals surface area contributed by atoms with E-state index in [-0.39, 0.29) is 6.47 Å². The number of methoxy groups -OCH3 is 1. The van der Waals surface area contributed by atoms with Crippen molar-refractivity contribution in [2.45, 2.75) is 11.5 Å². The second-order valence-corrected chi connectivity index (χ2v) is 3.46. The standard InChI is InChI=1S/C11H11ClO4/c1-15-11(14)9(12)10(16-7-13)8-5-3-2-4-6-8/h2-7,9-10H,1H3/t9-,10-/m1/s1. The second kappa shape index (κ2) is 6.12. The molecule has 0 fully saturated rings. The van der Waals surface area contributed by atoms with Gasteiger partial charge in [0.15, 0.2) is 11.5 Å². The van der Waals surface area contributed by atoms with Crippen molar-refractivity contribution in [3.05, 3.63) is 35.9 Å². The van der Waals surface area contributed by atoms with Crippen molar-refractivity contribution in [2.75, 3.05) is 7.11 Å². The Labute approximate surface area is 98.1 Å². The lowest BCUT2D eigenvalue weighted by Crippen LogP contribution is -2.26. The average molecular weight is 243 g/mol. The van der Waals surface area contributed by atoms with Crippen LogP contribution >= 0.6 is 11.6 Å². The minimum atomic E-state index is -1.06. The number of ether oxygens (including phenoxy) is 2. The molecule has 0 amide bonds. The highest BCUT2D eigenvalue weighted by atomic mass is 35.5. The molecule has 0 N–H and O–H groups in total. The molecular weight excluding hydrogens is 232 g/mol. The maximum atomic E-state index is 11.3. The average Bonchev–Trinajstić information content (AvgIpc) is 2.35. The molecule has 0 aromatic heterocycles. The summed E-state index contributed by atoms with van der Waals surface area (Å²) in [7, 11) is 1.22. The molecule has 0 saturated carbocycles. The predicted molar refractivity (Wildman–Crippen MR) is 58.0 cm³/mol. The fourth-order valence-corrected chi connectivity index (χ4v) is 1.55. The number of carbonyl (C=O) groups is 2. The molecule has 0 radical (unpaired) electrons. The van der Waals surface area contributed by atoms with Crippen molar-refractivity contribution in [2.24, 2.45) is 0 Å². The first kappa shape index (κ1) is 12.5. The van der Waals surface area contributed by atoms with Gasteiger partial charge in [-0.2, -0.15) is 0 Å². The van der Waals surface area contributed by atoms with Crippen LogP contribution in [0.25, 0.3) is 0 Å². The molecule has 0 spiro atoms. The van der Waals surface area contributed by atoms with Crippen molar-refractivity contribution >= 4 is 24.0 Å². The van der Waals surface area contributed by atoms with Gasteiger partial charge in [-0.25, -0.2) is 0 Å². The lowest BCUT2D eigenvalue weighted by Gasteiger charge is -2.18. The zero-order valence-electron chi connectivity index (χ0n) is 8.63. The fraction of sp³-hybridized carbons (Fsp3) is 0.273. The summed E-state index contributed by atoms with van der Waals surface area (Å²) in [6, 6.07) is 8.76. The minimum absolute atomic E-state index is 0.260. The van der Waals surface area contributed by atoms with Gasteiger partial charge < -0.3 is 9.47 Å². The number of hydrogen-bond acceptors (Lipinski definition) is 4. The first-order chi connectivity index (χ1) is 7.70. The smallest absolute Gasteiger partial charge is 0.328 e. The van der Waals surface area contributed by atoms with Crippen LogP contribution in [0.1, 0.15) is 11.7 Å². The molecule has 1 rings (SSSR count). The molecule has 1 aromatic carbocycles. The Kier molecular flexibility index (Phi) is 4.79. The van der Waals surface area contributed by atoms with Gasteiger partial charge in [0.1, 0.15) is 0 Å². The Hall–Kier alpha value is -1.55. The number of carbonyl (C=O) groups excluding carboxylic acids is 2. The summed E-state index contributed by atoms with van der Waals surface area (Å²) >= 11 is 5.85. The first-order valence-corrected chi connectivity index (χ1v) is 5.00. The van der Waals surface area contributed by atoms with Crippen molar-refractivity contribution in [3.8, 4) is 0 Å². The molecule has 0 bridgehead atoms. The molecule has 5 heteroatoms. The van der Waals surface area contributed by atoms with E-state index in [2.05, 4.69) is 4.74 Å². The van der Waals surface area contributed by atoms with Crippen LogP contribution in [0.15, 0.2) is 30.3 Å². The van der Waals surface area contributed by atoms with E-state index in [9.17, 15) is 9.59 Å². The van der Waals surface area contributed by atoms with Crippen molar-refractivity contribution in [1.29, 1.82) is 0 Å². The summed E-state index contributed by atoms with van der Waals surface area (Å²) in [5, 5.41) is -1.06. The third-order valence-electron chi connectivity index (χ3n) is 2.02. The van der Waals surface area contributed by atoms with Crippen LogP contribution in [-0.2, 0) is 19.1 Å². The zero-order chi connectivity index (χ0) is 12.0. The largest absolute Gasteiger partial charge is 0.468 e. The monoisotopic (exact) mass is 242 g/mol. The van der Waals surface area contributed by atoms with Gasteiger partial charge in [-0.1, -0.05) is 30.3 Å². The van der Waals surface area contributed by atoms with Crippen LogP contribution in [0.2, 0.25) is 0 Å². The zero-order valence-corrected chi connectivity index (χ0v) is 9.39. The molecule has 0 aliphatic heterocycles. The molecule has 2 atom stereocenters. The number of esters is 1. The Bertz CT molecular complexity index is 352. The summed E-state index contributed by atoms with van der Waals surface area (Å²) in [6.45, 7) is 0.260. The van der Waals surface area contributed by atoms with E-state index in [1.807, 2.05) is 6.07 Å². The molecular formula is C11H11ClO4. The number of benzene rings is 1. The van der Waals surface area contributed by atoms with E-state index in [1.54, 1.807) is 24.3 Å². The van der Waals surface area contributed by atoms with E-state index in [0.29, 0.717) is 5.56 Å². The molecule has 0 heterocycles. The van der Waals surface area contributed by atoms with Crippen LogP contribution in [-0.4, -0.2) is 24.9 Å². The van der Waals surface area contributed by atoms with Crippen molar-refractivity contribution in [1.82, 2.24) is 0 Å². The highest BCUT2D eigenvalue weighted by Crippen LogP contribution is 2.25. The topological polar surface area (TPSA) is 52.6 Å². The van der Waals surface area contributed by atoms with E-state index >= 15 is 0 Å². The molecule has 0 saturated heterocycles. The Morgan fingerprint density at radius 2 is 2.00 bits per heavy atom. The highest BCUT2D eigenvalue weighted by molar-refractivity contribution is 6.30. The van der Waals surface area contributed by atoms with E-state index in [0.717, 1.165) is 0 Å². The van der Waals surface area contributed by atoms with Crippen molar-refractivity contribution in [3.63, 3.8) is 0 Å². The summed E-state index contributed by atoms with van der Waals surface area (Å²) < 4.78 is 9.29. The van der Waals surface area contributed by atoms with Gasteiger partial charge in [-0.15, -0.1) is 11.6 Å².